The number of hydrogen-bond acceptors (Lipinski definition) is 3. The first-order valence-corrected chi connectivity index (χ1v) is 8.06. The Morgan fingerprint density at radius 2 is 1.56 bits per heavy atom. The molecule has 3 aromatic carbocycles. The van der Waals surface area contributed by atoms with Crippen molar-refractivity contribution in [3.8, 4) is 5.75 Å². The van der Waals surface area contributed by atoms with Crippen molar-refractivity contribution < 1.29 is 9.53 Å². The summed E-state index contributed by atoms with van der Waals surface area (Å²) in [5.41, 5.74) is 8.87. The van der Waals surface area contributed by atoms with Crippen molar-refractivity contribution in [1.82, 2.24) is 0 Å². The molecule has 3 heteroatoms. The van der Waals surface area contributed by atoms with Gasteiger partial charge in [-0.15, -0.1) is 0 Å². The Bertz CT molecular complexity index is 868. The molecule has 0 amide bonds. The minimum absolute atomic E-state index is 0.109. The molecular weight excluding hydrogens is 310 g/mol. The highest BCUT2D eigenvalue weighted by atomic mass is 16.5. The summed E-state index contributed by atoms with van der Waals surface area (Å²) >= 11 is 0. The minimum Gasteiger partial charge on any atom is -0.489 e. The molecule has 0 unspecified atom stereocenters. The topological polar surface area (TPSA) is 52.3 Å². The molecule has 2 N–H and O–H groups in total. The number of nitrogens with two attached hydrogens (primary N) is 1. The number of ketones is 1. The van der Waals surface area contributed by atoms with Gasteiger partial charge in [0.25, 0.3) is 0 Å². The summed E-state index contributed by atoms with van der Waals surface area (Å²) in [4.78, 5) is 12.2. The third-order valence-corrected chi connectivity index (χ3v) is 3.78. The fourth-order valence-corrected chi connectivity index (χ4v) is 2.40. The Hall–Kier alpha value is -3.33. The SMILES string of the molecule is Nc1ccccc1C(=O)C=Cc1ccc(OCc2ccccc2)cc1. The average Bonchev–Trinajstić information content (AvgIpc) is 2.66. The van der Waals surface area contributed by atoms with E-state index in [1.807, 2.05) is 60.7 Å². The second-order valence-electron chi connectivity index (χ2n) is 5.63. The van der Waals surface area contributed by atoms with Crippen LogP contribution in [0.3, 0.4) is 0 Å². The van der Waals surface area contributed by atoms with Gasteiger partial charge in [0, 0.05) is 11.3 Å². The normalized spacial score (nSPS) is 10.7. The van der Waals surface area contributed by atoms with Gasteiger partial charge in [0.15, 0.2) is 5.78 Å². The summed E-state index contributed by atoms with van der Waals surface area (Å²) in [5.74, 6) is 0.683. The molecule has 0 radical (unpaired) electrons. The number of para-hydroxylation sites is 1. The lowest BCUT2D eigenvalue weighted by Gasteiger charge is -2.06. The molecule has 0 aliphatic carbocycles. The number of rotatable bonds is 6. The second kappa shape index (κ2) is 7.97. The Balaban J connectivity index is 1.60. The van der Waals surface area contributed by atoms with E-state index in [0.717, 1.165) is 16.9 Å². The predicted octanol–water partition coefficient (Wildman–Crippen LogP) is 4.74. The summed E-state index contributed by atoms with van der Waals surface area (Å²) in [6, 6.07) is 24.7. The van der Waals surface area contributed by atoms with E-state index in [4.69, 9.17) is 10.5 Å². The van der Waals surface area contributed by atoms with Crippen LogP contribution < -0.4 is 10.5 Å². The van der Waals surface area contributed by atoms with Crippen LogP contribution in [0.2, 0.25) is 0 Å². The first kappa shape index (κ1) is 16.5. The smallest absolute Gasteiger partial charge is 0.187 e. The molecule has 0 saturated heterocycles. The molecule has 0 aliphatic rings. The second-order valence-corrected chi connectivity index (χ2v) is 5.63. The van der Waals surface area contributed by atoms with Crippen molar-refractivity contribution in [1.29, 1.82) is 0 Å². The lowest BCUT2D eigenvalue weighted by molar-refractivity contribution is 0.104. The Labute approximate surface area is 147 Å². The Kier molecular flexibility index (Phi) is 5.27. The molecule has 0 aliphatic heterocycles. The molecule has 0 aromatic heterocycles. The van der Waals surface area contributed by atoms with E-state index >= 15 is 0 Å². The summed E-state index contributed by atoms with van der Waals surface area (Å²) in [6.45, 7) is 0.530. The minimum atomic E-state index is -0.109. The largest absolute Gasteiger partial charge is 0.489 e. The maximum Gasteiger partial charge on any atom is 0.187 e. The van der Waals surface area contributed by atoms with Crippen molar-refractivity contribution >= 4 is 17.5 Å². The molecule has 0 atom stereocenters. The fourth-order valence-electron chi connectivity index (χ4n) is 2.40. The maximum atomic E-state index is 12.2. The molecule has 25 heavy (non-hydrogen) atoms. The lowest BCUT2D eigenvalue weighted by atomic mass is 10.1. The van der Waals surface area contributed by atoms with Gasteiger partial charge in [0.1, 0.15) is 12.4 Å². The van der Waals surface area contributed by atoms with Crippen molar-refractivity contribution in [3.05, 3.63) is 102 Å². The highest BCUT2D eigenvalue weighted by molar-refractivity contribution is 6.10. The van der Waals surface area contributed by atoms with Gasteiger partial charge >= 0.3 is 0 Å². The molecule has 0 spiro atoms. The lowest BCUT2D eigenvalue weighted by Crippen LogP contribution is -1.99. The standard InChI is InChI=1S/C22H19NO2/c23-21-9-5-4-8-20(21)22(24)15-12-17-10-13-19(14-11-17)25-16-18-6-2-1-3-7-18/h1-15H,16,23H2. The maximum absolute atomic E-state index is 12.2. The van der Waals surface area contributed by atoms with Gasteiger partial charge in [-0.1, -0.05) is 60.7 Å². The quantitative estimate of drug-likeness (QED) is 0.403. The van der Waals surface area contributed by atoms with Crippen LogP contribution in [0.1, 0.15) is 21.5 Å². The third kappa shape index (κ3) is 4.58. The number of ether oxygens (including phenoxy) is 1. The van der Waals surface area contributed by atoms with Crippen LogP contribution in [0.15, 0.2) is 84.9 Å². The third-order valence-electron chi connectivity index (χ3n) is 3.78. The van der Waals surface area contributed by atoms with Crippen LogP contribution in [0.5, 0.6) is 5.75 Å². The van der Waals surface area contributed by atoms with Gasteiger partial charge < -0.3 is 10.5 Å². The van der Waals surface area contributed by atoms with Gasteiger partial charge in [-0.05, 0) is 41.5 Å². The van der Waals surface area contributed by atoms with Crippen molar-refractivity contribution in [2.45, 2.75) is 6.61 Å². The fraction of sp³-hybridized carbons (Fsp3) is 0.0455. The molecule has 0 heterocycles. The number of hydrogen-bond donors (Lipinski definition) is 1. The number of carbonyl (C=O) groups is 1. The predicted molar refractivity (Wildman–Crippen MR) is 101 cm³/mol. The van der Waals surface area contributed by atoms with E-state index in [1.54, 1.807) is 24.3 Å². The number of benzene rings is 3. The number of nitrogen functional groups attached to an aromatic ring is 1. The Morgan fingerprint density at radius 3 is 2.28 bits per heavy atom. The summed E-state index contributed by atoms with van der Waals surface area (Å²) < 4.78 is 5.75. The van der Waals surface area contributed by atoms with Crippen LogP contribution >= 0.6 is 0 Å². The molecule has 0 bridgehead atoms. The zero-order chi connectivity index (χ0) is 17.5. The zero-order valence-corrected chi connectivity index (χ0v) is 13.8. The summed E-state index contributed by atoms with van der Waals surface area (Å²) in [6.07, 6.45) is 3.31. The number of carbonyl (C=O) groups excluding carboxylic acids is 1. The highest BCUT2D eigenvalue weighted by Crippen LogP contribution is 2.16. The Morgan fingerprint density at radius 1 is 0.880 bits per heavy atom. The zero-order valence-electron chi connectivity index (χ0n) is 13.8. The average molecular weight is 329 g/mol. The molecule has 0 saturated carbocycles. The van der Waals surface area contributed by atoms with E-state index in [2.05, 4.69) is 0 Å². The number of allylic oxidation sites excluding steroid dienone is 1. The van der Waals surface area contributed by atoms with Crippen molar-refractivity contribution in [2.24, 2.45) is 0 Å². The van der Waals surface area contributed by atoms with Gasteiger partial charge in [0.2, 0.25) is 0 Å². The monoisotopic (exact) mass is 329 g/mol. The van der Waals surface area contributed by atoms with E-state index in [0.29, 0.717) is 17.9 Å². The van der Waals surface area contributed by atoms with Gasteiger partial charge in [-0.3, -0.25) is 4.79 Å². The van der Waals surface area contributed by atoms with Crippen LogP contribution in [-0.2, 0) is 6.61 Å². The molecule has 124 valence electrons. The van der Waals surface area contributed by atoms with Crippen LogP contribution in [0.4, 0.5) is 5.69 Å². The molecule has 3 aromatic rings. The highest BCUT2D eigenvalue weighted by Gasteiger charge is 2.04. The van der Waals surface area contributed by atoms with Crippen molar-refractivity contribution in [2.75, 3.05) is 5.73 Å². The van der Waals surface area contributed by atoms with Gasteiger partial charge in [-0.2, -0.15) is 0 Å². The van der Waals surface area contributed by atoms with Gasteiger partial charge in [-0.25, -0.2) is 0 Å². The molecular formula is C22H19NO2. The summed E-state index contributed by atoms with van der Waals surface area (Å²) in [5, 5.41) is 0. The van der Waals surface area contributed by atoms with Gasteiger partial charge in [0.05, 0.1) is 0 Å². The number of anilines is 1. The summed E-state index contributed by atoms with van der Waals surface area (Å²) in [7, 11) is 0. The first-order valence-electron chi connectivity index (χ1n) is 8.06. The van der Waals surface area contributed by atoms with Crippen LogP contribution in [0, 0.1) is 0 Å². The molecule has 0 fully saturated rings. The van der Waals surface area contributed by atoms with Crippen LogP contribution in [-0.4, -0.2) is 5.78 Å². The molecule has 3 rings (SSSR count). The van der Waals surface area contributed by atoms with E-state index in [-0.39, 0.29) is 5.78 Å². The molecule has 3 nitrogen and oxygen atoms in total. The van der Waals surface area contributed by atoms with Crippen LogP contribution in [0.25, 0.3) is 6.08 Å². The van der Waals surface area contributed by atoms with E-state index in [1.165, 1.54) is 6.08 Å². The van der Waals surface area contributed by atoms with E-state index in [9.17, 15) is 4.79 Å². The first-order chi connectivity index (χ1) is 12.2. The van der Waals surface area contributed by atoms with Crippen molar-refractivity contribution in [3.63, 3.8) is 0 Å². The van der Waals surface area contributed by atoms with E-state index < -0.39 is 0 Å².